The quantitative estimate of drug-likeness (QED) is 0.589. The highest BCUT2D eigenvalue weighted by Gasteiger charge is 2.56. The Morgan fingerprint density at radius 1 is 1.19 bits per heavy atom. The van der Waals surface area contributed by atoms with E-state index in [-0.39, 0.29) is 11.3 Å². The maximum absolute atomic E-state index is 12.9. The summed E-state index contributed by atoms with van der Waals surface area (Å²) < 4.78 is 9.91. The largest absolute Gasteiger partial charge is 0.457 e. The van der Waals surface area contributed by atoms with Crippen molar-refractivity contribution in [2.45, 2.75) is 71.9 Å². The fourth-order valence-electron chi connectivity index (χ4n) is 4.33. The molecule has 27 heavy (non-hydrogen) atoms. The van der Waals surface area contributed by atoms with Gasteiger partial charge in [0.2, 0.25) is 0 Å². The topological polar surface area (TPSA) is 102 Å². The Labute approximate surface area is 159 Å². The van der Waals surface area contributed by atoms with Crippen molar-refractivity contribution in [2.24, 2.45) is 11.3 Å². The third kappa shape index (κ3) is 5.20. The number of nitrogens with zero attached hydrogens (tertiary/aromatic N) is 1. The van der Waals surface area contributed by atoms with Crippen LogP contribution in [0.25, 0.3) is 0 Å². The molecule has 0 aromatic carbocycles. The monoisotopic (exact) mass is 382 g/mol. The zero-order valence-electron chi connectivity index (χ0n) is 17.0. The van der Waals surface area contributed by atoms with Gasteiger partial charge in [0.25, 0.3) is 5.91 Å². The molecule has 1 heterocycles. The summed E-state index contributed by atoms with van der Waals surface area (Å²) in [5.74, 6) is -1.64. The molecule has 8 nitrogen and oxygen atoms in total. The molecule has 1 saturated heterocycles. The molecule has 0 aromatic heterocycles. The van der Waals surface area contributed by atoms with E-state index in [1.807, 2.05) is 0 Å². The molecule has 0 radical (unpaired) electrons. The van der Waals surface area contributed by atoms with Gasteiger partial charge in [0.15, 0.2) is 6.61 Å². The molecule has 1 saturated carbocycles. The Kier molecular flexibility index (Phi) is 5.59. The molecule has 1 N–H and O–H groups in total. The Hall–Kier alpha value is -2.12. The normalized spacial score (nSPS) is 27.5. The Bertz CT molecular complexity index is 651. The van der Waals surface area contributed by atoms with Gasteiger partial charge in [-0.1, -0.05) is 20.8 Å². The van der Waals surface area contributed by atoms with E-state index in [0.29, 0.717) is 12.8 Å². The molecule has 8 heteroatoms. The van der Waals surface area contributed by atoms with Crippen LogP contribution in [0, 0.1) is 11.3 Å². The maximum Gasteiger partial charge on any atom is 0.344 e. The van der Waals surface area contributed by atoms with Gasteiger partial charge in [0.1, 0.15) is 17.7 Å². The summed E-state index contributed by atoms with van der Waals surface area (Å²) in [7, 11) is 0. The highest BCUT2D eigenvalue weighted by molar-refractivity contribution is 6.08. The second-order valence-corrected chi connectivity index (χ2v) is 9.51. The number of esters is 2. The third-order valence-corrected chi connectivity index (χ3v) is 4.68. The lowest BCUT2D eigenvalue weighted by atomic mass is 9.64. The van der Waals surface area contributed by atoms with Gasteiger partial charge in [-0.25, -0.2) is 9.59 Å². The van der Waals surface area contributed by atoms with Gasteiger partial charge >= 0.3 is 18.0 Å². The number of nitrogens with one attached hydrogen (secondary N) is 1. The van der Waals surface area contributed by atoms with Crippen molar-refractivity contribution in [1.82, 2.24) is 10.2 Å². The zero-order valence-corrected chi connectivity index (χ0v) is 17.0. The van der Waals surface area contributed by atoms with Gasteiger partial charge < -0.3 is 14.8 Å². The van der Waals surface area contributed by atoms with Crippen molar-refractivity contribution in [3.63, 3.8) is 0 Å². The number of hydrogen-bond donors (Lipinski definition) is 1. The number of carbonyl (C=O) groups is 4. The minimum Gasteiger partial charge on any atom is -0.457 e. The lowest BCUT2D eigenvalue weighted by molar-refractivity contribution is -0.166. The summed E-state index contributed by atoms with van der Waals surface area (Å²) >= 11 is 0. The second kappa shape index (κ2) is 7.13. The molecule has 0 aromatic rings. The van der Waals surface area contributed by atoms with Gasteiger partial charge in [-0.05, 0) is 51.4 Å². The molecule has 2 rings (SSSR count). The Balaban J connectivity index is 1.97. The van der Waals surface area contributed by atoms with E-state index in [1.165, 1.54) is 0 Å². The van der Waals surface area contributed by atoms with Crippen LogP contribution in [0.4, 0.5) is 4.79 Å². The predicted octanol–water partition coefficient (Wildman–Crippen LogP) is 2.01. The SMILES string of the molecule is CC1CC(C)(C)CC2(C1)NC(=O)N(CC(=O)OCC(=O)OC(C)(C)C)C2=O. The van der Waals surface area contributed by atoms with Crippen LogP contribution in [0.3, 0.4) is 0 Å². The molecule has 3 amide bonds. The minimum atomic E-state index is -0.969. The summed E-state index contributed by atoms with van der Waals surface area (Å²) in [6, 6.07) is -0.598. The number of urea groups is 1. The number of hydrogen-bond acceptors (Lipinski definition) is 6. The van der Waals surface area contributed by atoms with Gasteiger partial charge in [-0.2, -0.15) is 0 Å². The van der Waals surface area contributed by atoms with Crippen LogP contribution in [0.15, 0.2) is 0 Å². The first-order valence-corrected chi connectivity index (χ1v) is 9.25. The smallest absolute Gasteiger partial charge is 0.344 e. The molecule has 2 unspecified atom stereocenters. The van der Waals surface area contributed by atoms with E-state index in [1.54, 1.807) is 20.8 Å². The molecule has 152 valence electrons. The van der Waals surface area contributed by atoms with E-state index in [9.17, 15) is 19.2 Å². The van der Waals surface area contributed by atoms with E-state index < -0.39 is 48.2 Å². The van der Waals surface area contributed by atoms with Crippen molar-refractivity contribution >= 4 is 23.9 Å². The summed E-state index contributed by atoms with van der Waals surface area (Å²) in [6.07, 6.45) is 2.04. The standard InChI is InChI=1S/C19H30N2O6/c1-12-7-18(5,6)11-19(8-12)15(24)21(16(25)20-19)9-13(22)26-10-14(23)27-17(2,3)4/h12H,7-11H2,1-6H3,(H,20,25). The fourth-order valence-corrected chi connectivity index (χ4v) is 4.33. The summed E-state index contributed by atoms with van der Waals surface area (Å²) in [6.45, 7) is 10.2. The summed E-state index contributed by atoms with van der Waals surface area (Å²) in [5, 5.41) is 2.79. The van der Waals surface area contributed by atoms with E-state index in [0.717, 1.165) is 11.3 Å². The lowest BCUT2D eigenvalue weighted by Gasteiger charge is -2.43. The number of amides is 3. The minimum absolute atomic E-state index is 0.0894. The first-order valence-electron chi connectivity index (χ1n) is 9.25. The Morgan fingerprint density at radius 3 is 2.37 bits per heavy atom. The number of rotatable bonds is 4. The van der Waals surface area contributed by atoms with Crippen LogP contribution in [-0.4, -0.2) is 53.1 Å². The molecule has 2 atom stereocenters. The van der Waals surface area contributed by atoms with Crippen LogP contribution in [0.1, 0.15) is 60.8 Å². The predicted molar refractivity (Wildman–Crippen MR) is 96.6 cm³/mol. The van der Waals surface area contributed by atoms with Crippen molar-refractivity contribution in [3.8, 4) is 0 Å². The zero-order chi connectivity index (χ0) is 20.6. The molecule has 2 aliphatic rings. The summed E-state index contributed by atoms with van der Waals surface area (Å²) in [4.78, 5) is 49.8. The lowest BCUT2D eigenvalue weighted by Crippen LogP contribution is -2.54. The van der Waals surface area contributed by atoms with E-state index >= 15 is 0 Å². The molecule has 2 fully saturated rings. The molecule has 1 aliphatic heterocycles. The van der Waals surface area contributed by atoms with Crippen LogP contribution in [0.5, 0.6) is 0 Å². The van der Waals surface area contributed by atoms with Crippen LogP contribution < -0.4 is 5.32 Å². The van der Waals surface area contributed by atoms with Crippen molar-refractivity contribution in [2.75, 3.05) is 13.2 Å². The maximum atomic E-state index is 12.9. The van der Waals surface area contributed by atoms with E-state index in [4.69, 9.17) is 9.47 Å². The van der Waals surface area contributed by atoms with Gasteiger partial charge in [0.05, 0.1) is 0 Å². The van der Waals surface area contributed by atoms with Crippen LogP contribution in [0.2, 0.25) is 0 Å². The van der Waals surface area contributed by atoms with Crippen molar-refractivity contribution in [1.29, 1.82) is 0 Å². The first kappa shape index (κ1) is 21.2. The molecular weight excluding hydrogens is 352 g/mol. The van der Waals surface area contributed by atoms with Crippen molar-refractivity contribution in [3.05, 3.63) is 0 Å². The van der Waals surface area contributed by atoms with Crippen molar-refractivity contribution < 1.29 is 28.7 Å². The molecule has 1 spiro atoms. The average molecular weight is 382 g/mol. The van der Waals surface area contributed by atoms with Crippen LogP contribution >= 0.6 is 0 Å². The highest BCUT2D eigenvalue weighted by Crippen LogP contribution is 2.46. The molecule has 0 bridgehead atoms. The van der Waals surface area contributed by atoms with Crippen LogP contribution in [-0.2, 0) is 23.9 Å². The van der Waals surface area contributed by atoms with E-state index in [2.05, 4.69) is 26.1 Å². The summed E-state index contributed by atoms with van der Waals surface area (Å²) in [5.41, 5.74) is -1.75. The molecular formula is C19H30N2O6. The van der Waals surface area contributed by atoms with Gasteiger partial charge in [0, 0.05) is 0 Å². The number of carbonyl (C=O) groups excluding carboxylic acids is 4. The van der Waals surface area contributed by atoms with Gasteiger partial charge in [-0.15, -0.1) is 0 Å². The first-order chi connectivity index (χ1) is 12.2. The van der Waals surface area contributed by atoms with Gasteiger partial charge in [-0.3, -0.25) is 14.5 Å². The molecule has 1 aliphatic carbocycles. The second-order valence-electron chi connectivity index (χ2n) is 9.51. The number of ether oxygens (including phenoxy) is 2. The Morgan fingerprint density at radius 2 is 1.81 bits per heavy atom. The fraction of sp³-hybridized carbons (Fsp3) is 0.789. The average Bonchev–Trinajstić information content (AvgIpc) is 2.65. The highest BCUT2D eigenvalue weighted by atomic mass is 16.6. The number of imide groups is 1. The third-order valence-electron chi connectivity index (χ3n) is 4.68.